The van der Waals surface area contributed by atoms with Gasteiger partial charge in [-0.2, -0.15) is 0 Å². The van der Waals surface area contributed by atoms with E-state index in [2.05, 4.69) is 6.92 Å². The summed E-state index contributed by atoms with van der Waals surface area (Å²) in [6.07, 6.45) is 16.2. The number of rotatable bonds is 3. The number of ketones is 1. The third kappa shape index (κ3) is 6.85. The second kappa shape index (κ2) is 9.67. The molecule has 17 heavy (non-hydrogen) atoms. The number of carbonyl (C=O) groups excluding carboxylic acids is 1. The Morgan fingerprint density at radius 3 is 2.18 bits per heavy atom. The van der Waals surface area contributed by atoms with Crippen molar-refractivity contribution in [3.63, 3.8) is 0 Å². The van der Waals surface area contributed by atoms with Crippen LogP contribution in [0.2, 0.25) is 0 Å². The van der Waals surface area contributed by atoms with Crippen molar-refractivity contribution in [2.75, 3.05) is 0 Å². The number of Topliss-reactive ketones (excluding diaryl/α,β-unsaturated/α-hetero) is 1. The molecule has 0 aromatic rings. The topological polar surface area (TPSA) is 17.1 Å². The van der Waals surface area contributed by atoms with E-state index < -0.39 is 0 Å². The van der Waals surface area contributed by atoms with Crippen LogP contribution < -0.4 is 0 Å². The first-order valence-corrected chi connectivity index (χ1v) is 7.87. The van der Waals surface area contributed by atoms with Crippen molar-refractivity contribution in [1.82, 2.24) is 0 Å². The first-order valence-electron chi connectivity index (χ1n) is 7.87. The third-order valence-corrected chi connectivity index (χ3v) is 4.09. The zero-order chi connectivity index (χ0) is 12.3. The molecule has 1 aliphatic rings. The summed E-state index contributed by atoms with van der Waals surface area (Å²) in [7, 11) is 0. The van der Waals surface area contributed by atoms with Crippen LogP contribution in [0.25, 0.3) is 0 Å². The summed E-state index contributed by atoms with van der Waals surface area (Å²) in [4.78, 5) is 12.1. The molecule has 0 saturated heterocycles. The molecule has 0 bridgehead atoms. The Morgan fingerprint density at radius 1 is 0.941 bits per heavy atom. The lowest BCUT2D eigenvalue weighted by molar-refractivity contribution is -0.123. The van der Waals surface area contributed by atoms with Crippen molar-refractivity contribution in [3.8, 4) is 0 Å². The van der Waals surface area contributed by atoms with Gasteiger partial charge in [0.15, 0.2) is 0 Å². The molecule has 1 nitrogen and oxygen atoms in total. The van der Waals surface area contributed by atoms with Crippen molar-refractivity contribution in [2.45, 2.75) is 90.4 Å². The van der Waals surface area contributed by atoms with E-state index >= 15 is 0 Å². The fourth-order valence-electron chi connectivity index (χ4n) is 2.87. The zero-order valence-corrected chi connectivity index (χ0v) is 11.7. The van der Waals surface area contributed by atoms with Crippen LogP contribution in [0.5, 0.6) is 0 Å². The van der Waals surface area contributed by atoms with Crippen LogP contribution >= 0.6 is 0 Å². The van der Waals surface area contributed by atoms with Gasteiger partial charge in [-0.3, -0.25) is 4.79 Å². The Bertz CT molecular complexity index is 198. The van der Waals surface area contributed by atoms with Gasteiger partial charge in [-0.05, 0) is 19.3 Å². The molecule has 100 valence electrons. The maximum atomic E-state index is 12.1. The van der Waals surface area contributed by atoms with Crippen LogP contribution in [0, 0.1) is 5.92 Å². The molecule has 1 unspecified atom stereocenters. The van der Waals surface area contributed by atoms with E-state index in [0.717, 1.165) is 19.3 Å². The van der Waals surface area contributed by atoms with Gasteiger partial charge < -0.3 is 0 Å². The molecule has 1 fully saturated rings. The van der Waals surface area contributed by atoms with Crippen molar-refractivity contribution in [1.29, 1.82) is 0 Å². The van der Waals surface area contributed by atoms with Crippen molar-refractivity contribution in [2.24, 2.45) is 5.92 Å². The van der Waals surface area contributed by atoms with Gasteiger partial charge in [0.05, 0.1) is 0 Å². The summed E-state index contributed by atoms with van der Waals surface area (Å²) >= 11 is 0. The van der Waals surface area contributed by atoms with Crippen LogP contribution in [-0.2, 0) is 4.79 Å². The minimum atomic E-state index is 0.398. The van der Waals surface area contributed by atoms with Crippen molar-refractivity contribution >= 4 is 5.78 Å². The quantitative estimate of drug-likeness (QED) is 0.654. The second-order valence-electron chi connectivity index (χ2n) is 5.67. The highest BCUT2D eigenvalue weighted by atomic mass is 16.1. The van der Waals surface area contributed by atoms with Crippen LogP contribution in [0.3, 0.4) is 0 Å². The van der Waals surface area contributed by atoms with E-state index in [1.54, 1.807) is 0 Å². The maximum absolute atomic E-state index is 12.1. The predicted molar refractivity (Wildman–Crippen MR) is 74.2 cm³/mol. The molecule has 0 aliphatic heterocycles. The van der Waals surface area contributed by atoms with Crippen molar-refractivity contribution < 1.29 is 4.79 Å². The van der Waals surface area contributed by atoms with Gasteiger partial charge in [-0.25, -0.2) is 0 Å². The maximum Gasteiger partial charge on any atom is 0.135 e. The molecule has 1 saturated carbocycles. The van der Waals surface area contributed by atoms with Gasteiger partial charge in [0.2, 0.25) is 0 Å². The first-order chi connectivity index (χ1) is 8.34. The third-order valence-electron chi connectivity index (χ3n) is 4.09. The van der Waals surface area contributed by atoms with E-state index in [4.69, 9.17) is 0 Å². The highest BCUT2D eigenvalue weighted by molar-refractivity contribution is 5.80. The molecule has 0 aromatic heterocycles. The Labute approximate surface area is 107 Å². The Hall–Kier alpha value is -0.330. The molecule has 0 spiro atoms. The molecule has 0 amide bonds. The molecular weight excluding hydrogens is 208 g/mol. The van der Waals surface area contributed by atoms with Gasteiger partial charge in [0.1, 0.15) is 5.78 Å². The molecule has 0 radical (unpaired) electrons. The van der Waals surface area contributed by atoms with E-state index in [-0.39, 0.29) is 0 Å². The summed E-state index contributed by atoms with van der Waals surface area (Å²) in [6, 6.07) is 0. The predicted octanol–water partition coefficient (Wildman–Crippen LogP) is 5.28. The fraction of sp³-hybridized carbons (Fsp3) is 0.938. The zero-order valence-electron chi connectivity index (χ0n) is 11.7. The SMILES string of the molecule is CCCCC1CCCCCCCCCCC1=O. The van der Waals surface area contributed by atoms with Gasteiger partial charge in [0, 0.05) is 12.3 Å². The monoisotopic (exact) mass is 238 g/mol. The van der Waals surface area contributed by atoms with Crippen LogP contribution in [0.1, 0.15) is 90.4 Å². The standard InChI is InChI=1S/C16H30O/c1-2-3-12-15-13-10-8-6-4-5-7-9-11-14-16(15)17/h15H,2-14H2,1H3. The molecule has 0 aromatic carbocycles. The Balaban J connectivity index is 2.36. The molecular formula is C16H30O. The van der Waals surface area contributed by atoms with Crippen LogP contribution in [-0.4, -0.2) is 5.78 Å². The Kier molecular flexibility index (Phi) is 8.38. The van der Waals surface area contributed by atoms with E-state index in [1.165, 1.54) is 64.2 Å². The van der Waals surface area contributed by atoms with Gasteiger partial charge in [-0.15, -0.1) is 0 Å². The minimum Gasteiger partial charge on any atom is -0.299 e. The van der Waals surface area contributed by atoms with E-state index in [0.29, 0.717) is 11.7 Å². The lowest BCUT2D eigenvalue weighted by Gasteiger charge is -2.16. The molecule has 1 heteroatoms. The van der Waals surface area contributed by atoms with Gasteiger partial charge in [-0.1, -0.05) is 64.7 Å². The average molecular weight is 238 g/mol. The Morgan fingerprint density at radius 2 is 1.53 bits per heavy atom. The van der Waals surface area contributed by atoms with E-state index in [9.17, 15) is 4.79 Å². The largest absolute Gasteiger partial charge is 0.299 e. The second-order valence-corrected chi connectivity index (χ2v) is 5.67. The smallest absolute Gasteiger partial charge is 0.135 e. The minimum absolute atomic E-state index is 0.398. The molecule has 1 atom stereocenters. The molecule has 0 N–H and O–H groups in total. The van der Waals surface area contributed by atoms with Gasteiger partial charge in [0.25, 0.3) is 0 Å². The summed E-state index contributed by atoms with van der Waals surface area (Å²) < 4.78 is 0. The molecule has 0 heterocycles. The number of unbranched alkanes of at least 4 members (excludes halogenated alkanes) is 1. The summed E-state index contributed by atoms with van der Waals surface area (Å²) in [5.41, 5.74) is 0. The fourth-order valence-corrected chi connectivity index (χ4v) is 2.87. The summed E-state index contributed by atoms with van der Waals surface area (Å²) in [5.74, 6) is 0.966. The normalized spacial score (nSPS) is 25.0. The van der Waals surface area contributed by atoms with E-state index in [1.807, 2.05) is 0 Å². The highest BCUT2D eigenvalue weighted by Crippen LogP contribution is 2.22. The number of carbonyl (C=O) groups is 1. The average Bonchev–Trinajstić information content (AvgIpc) is 2.33. The highest BCUT2D eigenvalue weighted by Gasteiger charge is 2.17. The van der Waals surface area contributed by atoms with Gasteiger partial charge >= 0.3 is 0 Å². The summed E-state index contributed by atoms with van der Waals surface area (Å²) in [5, 5.41) is 0. The number of hydrogen-bond donors (Lipinski definition) is 0. The first kappa shape index (κ1) is 14.7. The molecule has 1 rings (SSSR count). The lowest BCUT2D eigenvalue weighted by atomic mass is 9.88. The molecule has 1 aliphatic carbocycles. The number of hydrogen-bond acceptors (Lipinski definition) is 1. The lowest BCUT2D eigenvalue weighted by Crippen LogP contribution is -2.14. The van der Waals surface area contributed by atoms with Crippen LogP contribution in [0.4, 0.5) is 0 Å². The summed E-state index contributed by atoms with van der Waals surface area (Å²) in [6.45, 7) is 2.22. The van der Waals surface area contributed by atoms with Crippen LogP contribution in [0.15, 0.2) is 0 Å². The van der Waals surface area contributed by atoms with Crippen molar-refractivity contribution in [3.05, 3.63) is 0 Å².